The molecule has 1 aliphatic carbocycles. The number of hydrogen-bond donors (Lipinski definition) is 1. The zero-order chi connectivity index (χ0) is 11.6. The number of ether oxygens (including phenoxy) is 1. The van der Waals surface area contributed by atoms with Crippen LogP contribution in [-0.4, -0.2) is 12.6 Å². The smallest absolute Gasteiger partial charge is 0.125 e. The molecule has 0 unspecified atom stereocenters. The average Bonchev–Trinajstić information content (AvgIpc) is 3.04. The fourth-order valence-electron chi connectivity index (χ4n) is 2.17. The lowest BCUT2D eigenvalue weighted by atomic mass is 10.00. The molecule has 0 radical (unpaired) electrons. The number of hydrogen-bond acceptors (Lipinski definition) is 2. The predicted molar refractivity (Wildman–Crippen MR) is 66.8 cm³/mol. The zero-order valence-electron chi connectivity index (χ0n) is 10.3. The van der Waals surface area contributed by atoms with Crippen molar-refractivity contribution >= 4 is 0 Å². The van der Waals surface area contributed by atoms with Gasteiger partial charge in [-0.05, 0) is 43.2 Å². The number of methoxy groups -OCH3 is 1. The van der Waals surface area contributed by atoms with Gasteiger partial charge in [-0.1, -0.05) is 25.1 Å². The minimum absolute atomic E-state index is 0.132. The van der Waals surface area contributed by atoms with Crippen molar-refractivity contribution in [3.05, 3.63) is 29.3 Å². The lowest BCUT2D eigenvalue weighted by Crippen LogP contribution is -2.22. The second-order valence-corrected chi connectivity index (χ2v) is 4.83. The van der Waals surface area contributed by atoms with Gasteiger partial charge in [-0.15, -0.1) is 0 Å². The fraction of sp³-hybridized carbons (Fsp3) is 0.571. The van der Waals surface area contributed by atoms with E-state index < -0.39 is 0 Å². The summed E-state index contributed by atoms with van der Waals surface area (Å²) in [5.41, 5.74) is 8.85. The molecule has 0 aliphatic heterocycles. The fourth-order valence-corrected chi connectivity index (χ4v) is 2.17. The van der Waals surface area contributed by atoms with Gasteiger partial charge in [0.15, 0.2) is 0 Å². The Balaban J connectivity index is 2.12. The average molecular weight is 219 g/mol. The Morgan fingerprint density at radius 2 is 2.00 bits per heavy atom. The van der Waals surface area contributed by atoms with Crippen LogP contribution in [0.25, 0.3) is 0 Å². The van der Waals surface area contributed by atoms with E-state index in [1.165, 1.54) is 24.0 Å². The number of para-hydroxylation sites is 1. The summed E-state index contributed by atoms with van der Waals surface area (Å²) in [5.74, 6) is 1.06. The quantitative estimate of drug-likeness (QED) is 0.826. The molecule has 1 aromatic carbocycles. The van der Waals surface area contributed by atoms with E-state index in [0.29, 0.717) is 0 Å². The van der Waals surface area contributed by atoms with E-state index in [-0.39, 0.29) is 5.54 Å². The summed E-state index contributed by atoms with van der Waals surface area (Å²) in [5, 5.41) is 0. The molecule has 2 rings (SSSR count). The van der Waals surface area contributed by atoms with Crippen LogP contribution in [0.15, 0.2) is 18.2 Å². The Bertz CT molecular complexity index is 369. The molecular formula is C14H21NO. The molecule has 88 valence electrons. The van der Waals surface area contributed by atoms with Crippen molar-refractivity contribution in [2.24, 2.45) is 5.73 Å². The number of nitrogens with two attached hydrogens (primary N) is 1. The second-order valence-electron chi connectivity index (χ2n) is 4.83. The molecule has 1 saturated carbocycles. The van der Waals surface area contributed by atoms with Crippen LogP contribution < -0.4 is 10.5 Å². The van der Waals surface area contributed by atoms with Gasteiger partial charge in [-0.2, -0.15) is 0 Å². The molecule has 0 heterocycles. The van der Waals surface area contributed by atoms with Crippen LogP contribution >= 0.6 is 0 Å². The van der Waals surface area contributed by atoms with Gasteiger partial charge in [0, 0.05) is 5.54 Å². The van der Waals surface area contributed by atoms with E-state index in [4.69, 9.17) is 10.5 Å². The van der Waals surface area contributed by atoms with Gasteiger partial charge in [0.2, 0.25) is 0 Å². The Kier molecular flexibility index (Phi) is 3.20. The molecular weight excluding hydrogens is 198 g/mol. The lowest BCUT2D eigenvalue weighted by Gasteiger charge is -2.14. The van der Waals surface area contributed by atoms with Gasteiger partial charge in [-0.3, -0.25) is 0 Å². The monoisotopic (exact) mass is 219 g/mol. The van der Waals surface area contributed by atoms with Crippen molar-refractivity contribution in [2.75, 3.05) is 7.11 Å². The van der Waals surface area contributed by atoms with Crippen LogP contribution in [0.5, 0.6) is 5.75 Å². The molecule has 0 atom stereocenters. The van der Waals surface area contributed by atoms with Gasteiger partial charge in [0.05, 0.1) is 7.11 Å². The highest BCUT2D eigenvalue weighted by Crippen LogP contribution is 2.37. The van der Waals surface area contributed by atoms with Crippen LogP contribution in [0.4, 0.5) is 0 Å². The molecule has 2 heteroatoms. The summed E-state index contributed by atoms with van der Waals surface area (Å²) in [7, 11) is 1.76. The van der Waals surface area contributed by atoms with Gasteiger partial charge in [0.1, 0.15) is 5.75 Å². The first-order chi connectivity index (χ1) is 7.68. The molecule has 1 aliphatic rings. The molecule has 2 nitrogen and oxygen atoms in total. The van der Waals surface area contributed by atoms with Crippen LogP contribution in [0, 0.1) is 0 Å². The van der Waals surface area contributed by atoms with Gasteiger partial charge in [0.25, 0.3) is 0 Å². The summed E-state index contributed by atoms with van der Waals surface area (Å²) >= 11 is 0. The standard InChI is InChI=1S/C14H21NO/c1-3-11-5-4-6-12(13(11)16-2)7-8-14(15)9-10-14/h4-6H,3,7-10,15H2,1-2H3. The highest BCUT2D eigenvalue weighted by molar-refractivity contribution is 5.41. The highest BCUT2D eigenvalue weighted by Gasteiger charge is 2.37. The van der Waals surface area contributed by atoms with Crippen molar-refractivity contribution in [1.82, 2.24) is 0 Å². The van der Waals surface area contributed by atoms with E-state index >= 15 is 0 Å². The van der Waals surface area contributed by atoms with Crippen LogP contribution in [-0.2, 0) is 12.8 Å². The number of benzene rings is 1. The first-order valence-corrected chi connectivity index (χ1v) is 6.12. The van der Waals surface area contributed by atoms with Crippen molar-refractivity contribution in [3.63, 3.8) is 0 Å². The second kappa shape index (κ2) is 4.46. The molecule has 0 amide bonds. The summed E-state index contributed by atoms with van der Waals surface area (Å²) in [6, 6.07) is 6.41. The molecule has 16 heavy (non-hydrogen) atoms. The third-order valence-corrected chi connectivity index (χ3v) is 3.55. The summed E-state index contributed by atoms with van der Waals surface area (Å²) in [6.45, 7) is 2.16. The molecule has 2 N–H and O–H groups in total. The normalized spacial score (nSPS) is 17.2. The lowest BCUT2D eigenvalue weighted by molar-refractivity contribution is 0.403. The van der Waals surface area contributed by atoms with Crippen molar-refractivity contribution in [2.45, 2.75) is 44.6 Å². The molecule has 0 bridgehead atoms. The summed E-state index contributed by atoms with van der Waals surface area (Å²) < 4.78 is 5.51. The maximum Gasteiger partial charge on any atom is 0.125 e. The van der Waals surface area contributed by atoms with Crippen molar-refractivity contribution in [3.8, 4) is 5.75 Å². The summed E-state index contributed by atoms with van der Waals surface area (Å²) in [4.78, 5) is 0. The number of rotatable bonds is 5. The Labute approximate surface area is 97.8 Å². The molecule has 0 aromatic heterocycles. The van der Waals surface area contributed by atoms with E-state index in [2.05, 4.69) is 25.1 Å². The minimum atomic E-state index is 0.132. The van der Waals surface area contributed by atoms with E-state index in [1.807, 2.05) is 0 Å². The van der Waals surface area contributed by atoms with Gasteiger partial charge in [-0.25, -0.2) is 0 Å². The minimum Gasteiger partial charge on any atom is -0.496 e. The Morgan fingerprint density at radius 1 is 1.31 bits per heavy atom. The predicted octanol–water partition coefficient (Wildman–Crippen LogP) is 2.68. The van der Waals surface area contributed by atoms with Gasteiger partial charge >= 0.3 is 0 Å². The van der Waals surface area contributed by atoms with Crippen LogP contribution in [0.2, 0.25) is 0 Å². The third-order valence-electron chi connectivity index (χ3n) is 3.55. The Hall–Kier alpha value is -1.02. The molecule has 0 saturated heterocycles. The Morgan fingerprint density at radius 3 is 2.56 bits per heavy atom. The van der Waals surface area contributed by atoms with Crippen molar-refractivity contribution in [1.29, 1.82) is 0 Å². The molecule has 0 spiro atoms. The first-order valence-electron chi connectivity index (χ1n) is 6.12. The molecule has 1 aromatic rings. The summed E-state index contributed by atoms with van der Waals surface area (Å²) in [6.07, 6.45) is 5.50. The largest absolute Gasteiger partial charge is 0.496 e. The first kappa shape index (κ1) is 11.5. The maximum atomic E-state index is 6.12. The maximum absolute atomic E-state index is 6.12. The third kappa shape index (κ3) is 2.38. The van der Waals surface area contributed by atoms with Crippen LogP contribution in [0.1, 0.15) is 37.3 Å². The number of aryl methyl sites for hydroxylation is 2. The van der Waals surface area contributed by atoms with E-state index in [9.17, 15) is 0 Å². The van der Waals surface area contributed by atoms with Gasteiger partial charge < -0.3 is 10.5 Å². The molecule has 1 fully saturated rings. The topological polar surface area (TPSA) is 35.2 Å². The van der Waals surface area contributed by atoms with Crippen LogP contribution in [0.3, 0.4) is 0 Å². The zero-order valence-corrected chi connectivity index (χ0v) is 10.3. The van der Waals surface area contributed by atoms with Crippen molar-refractivity contribution < 1.29 is 4.74 Å². The highest BCUT2D eigenvalue weighted by atomic mass is 16.5. The SMILES string of the molecule is CCc1cccc(CCC2(N)CC2)c1OC. The van der Waals surface area contributed by atoms with E-state index in [0.717, 1.165) is 25.0 Å². The van der Waals surface area contributed by atoms with E-state index in [1.54, 1.807) is 7.11 Å².